The summed E-state index contributed by atoms with van der Waals surface area (Å²) in [7, 11) is 0. The first-order valence-electron chi connectivity index (χ1n) is 8.78. The Bertz CT molecular complexity index is 941. The number of pyridine rings is 1. The van der Waals surface area contributed by atoms with Crippen LogP contribution in [0.1, 0.15) is 47.3 Å². The Morgan fingerprint density at radius 1 is 1.19 bits per heavy atom. The SMILES string of the molecule is O=C1CCC(NC(=O)c2c3c(nc4ccc(F)cc24)CCCC3)C(=O)N1. The van der Waals surface area contributed by atoms with Gasteiger partial charge in [-0.3, -0.25) is 24.7 Å². The third kappa shape index (κ3) is 2.94. The fourth-order valence-corrected chi connectivity index (χ4v) is 3.72. The summed E-state index contributed by atoms with van der Waals surface area (Å²) in [5.74, 6) is -1.71. The molecule has 1 unspecified atom stereocenters. The molecule has 0 spiro atoms. The van der Waals surface area contributed by atoms with Crippen LogP contribution in [0.25, 0.3) is 10.9 Å². The minimum absolute atomic E-state index is 0.181. The van der Waals surface area contributed by atoms with Gasteiger partial charge >= 0.3 is 0 Å². The smallest absolute Gasteiger partial charge is 0.252 e. The molecule has 1 atom stereocenters. The molecule has 1 aliphatic carbocycles. The Kier molecular flexibility index (Phi) is 4.14. The second-order valence-corrected chi connectivity index (χ2v) is 6.76. The first kappa shape index (κ1) is 16.6. The zero-order valence-corrected chi connectivity index (χ0v) is 14.1. The molecule has 0 saturated carbocycles. The number of fused-ring (bicyclic) bond motifs is 2. The third-order valence-electron chi connectivity index (χ3n) is 5.00. The highest BCUT2D eigenvalue weighted by Crippen LogP contribution is 2.30. The van der Waals surface area contributed by atoms with Crippen LogP contribution in [0.3, 0.4) is 0 Å². The molecule has 2 heterocycles. The second-order valence-electron chi connectivity index (χ2n) is 6.76. The highest BCUT2D eigenvalue weighted by atomic mass is 19.1. The predicted molar refractivity (Wildman–Crippen MR) is 92.0 cm³/mol. The average Bonchev–Trinajstić information content (AvgIpc) is 2.62. The van der Waals surface area contributed by atoms with Crippen LogP contribution >= 0.6 is 0 Å². The molecule has 4 rings (SSSR count). The van der Waals surface area contributed by atoms with Gasteiger partial charge in [0.2, 0.25) is 11.8 Å². The van der Waals surface area contributed by atoms with E-state index in [1.807, 2.05) is 0 Å². The fourth-order valence-electron chi connectivity index (χ4n) is 3.72. The number of carbonyl (C=O) groups is 3. The normalized spacial score (nSPS) is 19.8. The molecule has 3 amide bonds. The number of hydrogen-bond acceptors (Lipinski definition) is 4. The number of benzene rings is 1. The fraction of sp³-hybridized carbons (Fsp3) is 0.368. The molecule has 2 aromatic rings. The number of imide groups is 1. The lowest BCUT2D eigenvalue weighted by Crippen LogP contribution is -2.52. The van der Waals surface area contributed by atoms with Gasteiger partial charge in [0.25, 0.3) is 5.91 Å². The molecule has 1 aromatic heterocycles. The molecule has 134 valence electrons. The summed E-state index contributed by atoms with van der Waals surface area (Å²) in [6, 6.07) is 3.45. The van der Waals surface area contributed by atoms with Crippen LogP contribution in [0.4, 0.5) is 4.39 Å². The Morgan fingerprint density at radius 3 is 2.81 bits per heavy atom. The number of halogens is 1. The standard InChI is InChI=1S/C19H18FN3O3/c20-10-5-6-14-12(9-10)17(11-3-1-2-4-13(11)21-14)19(26)22-15-7-8-16(24)23-18(15)25/h5-6,9,15H,1-4,7-8H2,(H,22,26)(H,23,24,25). The molecule has 1 aromatic carbocycles. The predicted octanol–water partition coefficient (Wildman–Crippen LogP) is 1.79. The molecule has 2 N–H and O–H groups in total. The molecule has 1 fully saturated rings. The Balaban J connectivity index is 1.76. The van der Waals surface area contributed by atoms with Gasteiger partial charge in [-0.05, 0) is 55.9 Å². The number of amides is 3. The number of piperidine rings is 1. The average molecular weight is 355 g/mol. The van der Waals surface area contributed by atoms with Crippen molar-refractivity contribution < 1.29 is 18.8 Å². The van der Waals surface area contributed by atoms with Gasteiger partial charge < -0.3 is 5.32 Å². The zero-order chi connectivity index (χ0) is 18.3. The third-order valence-corrected chi connectivity index (χ3v) is 5.00. The Hall–Kier alpha value is -2.83. The van der Waals surface area contributed by atoms with E-state index in [2.05, 4.69) is 15.6 Å². The number of nitrogens with zero attached hydrogens (tertiary/aromatic N) is 1. The van der Waals surface area contributed by atoms with Crippen LogP contribution in [-0.4, -0.2) is 28.7 Å². The molecule has 0 bridgehead atoms. The maximum Gasteiger partial charge on any atom is 0.252 e. The van der Waals surface area contributed by atoms with Crippen molar-refractivity contribution in [2.75, 3.05) is 0 Å². The van der Waals surface area contributed by atoms with E-state index in [-0.39, 0.29) is 18.7 Å². The van der Waals surface area contributed by atoms with Crippen molar-refractivity contribution in [2.24, 2.45) is 0 Å². The first-order valence-corrected chi connectivity index (χ1v) is 8.78. The van der Waals surface area contributed by atoms with Crippen LogP contribution in [0.5, 0.6) is 0 Å². The van der Waals surface area contributed by atoms with Crippen LogP contribution in [0, 0.1) is 5.82 Å². The van der Waals surface area contributed by atoms with Gasteiger partial charge in [0.05, 0.1) is 11.1 Å². The van der Waals surface area contributed by atoms with Crippen molar-refractivity contribution in [2.45, 2.75) is 44.6 Å². The highest BCUT2D eigenvalue weighted by molar-refractivity contribution is 6.10. The van der Waals surface area contributed by atoms with E-state index in [4.69, 9.17) is 0 Å². The van der Waals surface area contributed by atoms with Gasteiger partial charge in [-0.2, -0.15) is 0 Å². The number of hydrogen-bond donors (Lipinski definition) is 2. The lowest BCUT2D eigenvalue weighted by molar-refractivity contribution is -0.134. The van der Waals surface area contributed by atoms with Crippen molar-refractivity contribution in [1.82, 2.24) is 15.6 Å². The van der Waals surface area contributed by atoms with Gasteiger partial charge in [0.15, 0.2) is 0 Å². The van der Waals surface area contributed by atoms with Crippen molar-refractivity contribution in [3.05, 3.63) is 40.8 Å². The maximum absolute atomic E-state index is 13.8. The number of aryl methyl sites for hydroxylation is 1. The molecular formula is C19H18FN3O3. The van der Waals surface area contributed by atoms with Crippen molar-refractivity contribution in [3.8, 4) is 0 Å². The van der Waals surface area contributed by atoms with Crippen molar-refractivity contribution >= 4 is 28.6 Å². The first-order chi connectivity index (χ1) is 12.5. The summed E-state index contributed by atoms with van der Waals surface area (Å²) < 4.78 is 13.8. The molecule has 26 heavy (non-hydrogen) atoms. The number of rotatable bonds is 2. The second kappa shape index (κ2) is 6.48. The largest absolute Gasteiger partial charge is 0.340 e. The quantitative estimate of drug-likeness (QED) is 0.804. The molecule has 2 aliphatic rings. The maximum atomic E-state index is 13.8. The molecule has 6 nitrogen and oxygen atoms in total. The van der Waals surface area contributed by atoms with E-state index in [1.165, 1.54) is 12.1 Å². The van der Waals surface area contributed by atoms with Gasteiger partial charge in [-0.15, -0.1) is 0 Å². The van der Waals surface area contributed by atoms with Crippen LogP contribution in [0.15, 0.2) is 18.2 Å². The van der Waals surface area contributed by atoms with E-state index in [0.717, 1.165) is 30.5 Å². The number of nitrogens with one attached hydrogen (secondary N) is 2. The zero-order valence-electron chi connectivity index (χ0n) is 14.1. The lowest BCUT2D eigenvalue weighted by atomic mass is 9.89. The van der Waals surface area contributed by atoms with E-state index < -0.39 is 23.7 Å². The van der Waals surface area contributed by atoms with Crippen LogP contribution in [0.2, 0.25) is 0 Å². The molecule has 0 radical (unpaired) electrons. The summed E-state index contributed by atoms with van der Waals surface area (Å²) in [5, 5.41) is 5.40. The minimum atomic E-state index is -0.767. The summed E-state index contributed by atoms with van der Waals surface area (Å²) in [6.07, 6.45) is 3.86. The van der Waals surface area contributed by atoms with Crippen molar-refractivity contribution in [3.63, 3.8) is 0 Å². The number of aromatic nitrogens is 1. The van der Waals surface area contributed by atoms with Crippen LogP contribution in [-0.2, 0) is 22.4 Å². The van der Waals surface area contributed by atoms with Gasteiger partial charge in [0.1, 0.15) is 11.9 Å². The lowest BCUT2D eigenvalue weighted by Gasteiger charge is -2.24. The van der Waals surface area contributed by atoms with Gasteiger partial charge in [-0.25, -0.2) is 4.39 Å². The van der Waals surface area contributed by atoms with E-state index >= 15 is 0 Å². The van der Waals surface area contributed by atoms with Gasteiger partial charge in [-0.1, -0.05) is 0 Å². The monoisotopic (exact) mass is 355 g/mol. The minimum Gasteiger partial charge on any atom is -0.340 e. The molecular weight excluding hydrogens is 337 g/mol. The topological polar surface area (TPSA) is 88.2 Å². The Morgan fingerprint density at radius 2 is 2.00 bits per heavy atom. The van der Waals surface area contributed by atoms with Gasteiger partial charge in [0, 0.05) is 17.5 Å². The summed E-state index contributed by atoms with van der Waals surface area (Å²) >= 11 is 0. The van der Waals surface area contributed by atoms with Crippen molar-refractivity contribution in [1.29, 1.82) is 0 Å². The van der Waals surface area contributed by atoms with Crippen LogP contribution < -0.4 is 10.6 Å². The van der Waals surface area contributed by atoms with E-state index in [0.29, 0.717) is 22.9 Å². The summed E-state index contributed by atoms with van der Waals surface area (Å²) in [6.45, 7) is 0. The molecule has 7 heteroatoms. The number of carbonyl (C=O) groups excluding carboxylic acids is 3. The van der Waals surface area contributed by atoms with E-state index in [9.17, 15) is 18.8 Å². The molecule has 1 saturated heterocycles. The Labute approximate surface area is 149 Å². The summed E-state index contributed by atoms with van der Waals surface area (Å²) in [4.78, 5) is 40.9. The summed E-state index contributed by atoms with van der Waals surface area (Å²) in [5.41, 5.74) is 2.66. The highest BCUT2D eigenvalue weighted by Gasteiger charge is 2.30. The molecule has 1 aliphatic heterocycles. The van der Waals surface area contributed by atoms with E-state index in [1.54, 1.807) is 6.07 Å².